The van der Waals surface area contributed by atoms with Gasteiger partial charge in [0.15, 0.2) is 0 Å². The number of piperazine rings is 1. The number of nitrogens with one attached hydrogen (secondary N) is 1. The van der Waals surface area contributed by atoms with Crippen molar-refractivity contribution in [1.82, 2.24) is 4.90 Å². The van der Waals surface area contributed by atoms with E-state index in [2.05, 4.69) is 10.2 Å². The van der Waals surface area contributed by atoms with Crippen LogP contribution >= 0.6 is 11.6 Å². The summed E-state index contributed by atoms with van der Waals surface area (Å²) in [6, 6.07) is 14.2. The van der Waals surface area contributed by atoms with Gasteiger partial charge in [-0.1, -0.05) is 23.7 Å². The van der Waals surface area contributed by atoms with Crippen LogP contribution in [0.15, 0.2) is 48.5 Å². The summed E-state index contributed by atoms with van der Waals surface area (Å²) < 4.78 is 0. The minimum Gasteiger partial charge on any atom is -0.508 e. The number of benzene rings is 2. The number of carbonyl (C=O) groups is 1. The predicted octanol–water partition coefficient (Wildman–Crippen LogP) is 3.40. The van der Waals surface area contributed by atoms with Crippen molar-refractivity contribution in [1.29, 1.82) is 0 Å². The van der Waals surface area contributed by atoms with Crippen LogP contribution in [0, 0.1) is 0 Å². The zero-order chi connectivity index (χ0) is 16.2. The quantitative estimate of drug-likeness (QED) is 0.886. The number of anilines is 2. The third-order valence-electron chi connectivity index (χ3n) is 3.84. The summed E-state index contributed by atoms with van der Waals surface area (Å²) in [5.41, 5.74) is 1.66. The maximum atomic E-state index is 12.3. The molecule has 0 atom stereocenters. The number of nitrogens with zero attached hydrogens (tertiary/aromatic N) is 2. The Morgan fingerprint density at radius 1 is 1.04 bits per heavy atom. The van der Waals surface area contributed by atoms with E-state index < -0.39 is 0 Å². The number of carbonyl (C=O) groups excluding carboxylic acids is 1. The average molecular weight is 332 g/mol. The Hall–Kier alpha value is -2.40. The molecular weight excluding hydrogens is 314 g/mol. The fourth-order valence-corrected chi connectivity index (χ4v) is 2.82. The number of hydrogen-bond acceptors (Lipinski definition) is 3. The van der Waals surface area contributed by atoms with E-state index in [4.69, 9.17) is 11.6 Å². The Kier molecular flexibility index (Phi) is 4.57. The molecule has 2 aromatic rings. The number of phenolic OH excluding ortho intramolecular Hbond substituents is 1. The second kappa shape index (κ2) is 6.79. The van der Waals surface area contributed by atoms with Crippen molar-refractivity contribution >= 4 is 29.0 Å². The average Bonchev–Trinajstić information content (AvgIpc) is 2.55. The van der Waals surface area contributed by atoms with Gasteiger partial charge in [0.1, 0.15) is 5.75 Å². The van der Waals surface area contributed by atoms with Gasteiger partial charge in [0.2, 0.25) is 0 Å². The summed E-state index contributed by atoms with van der Waals surface area (Å²) in [6.07, 6.45) is 0. The van der Waals surface area contributed by atoms with Crippen molar-refractivity contribution in [2.24, 2.45) is 0 Å². The number of aromatic hydroxyl groups is 1. The Morgan fingerprint density at radius 2 is 1.78 bits per heavy atom. The molecule has 0 bridgehead atoms. The van der Waals surface area contributed by atoms with Gasteiger partial charge in [-0.05, 0) is 30.3 Å². The molecule has 0 aromatic heterocycles. The summed E-state index contributed by atoms with van der Waals surface area (Å²) in [5.74, 6) is 0.253. The first-order valence-electron chi connectivity index (χ1n) is 7.47. The molecule has 1 saturated heterocycles. The van der Waals surface area contributed by atoms with Crippen molar-refractivity contribution in [3.05, 3.63) is 53.6 Å². The first kappa shape index (κ1) is 15.5. The van der Waals surface area contributed by atoms with Gasteiger partial charge in [-0.15, -0.1) is 0 Å². The first-order chi connectivity index (χ1) is 11.1. The van der Waals surface area contributed by atoms with Crippen LogP contribution in [0.5, 0.6) is 5.75 Å². The standard InChI is InChI=1S/C17H18ClN3O2/c18-13-3-1-4-14(11-13)19-17(23)21-9-7-20(8-10-21)15-5-2-6-16(22)12-15/h1-6,11-12,22H,7-10H2,(H,19,23). The highest BCUT2D eigenvalue weighted by atomic mass is 35.5. The second-order valence-corrected chi connectivity index (χ2v) is 5.87. The lowest BCUT2D eigenvalue weighted by molar-refractivity contribution is 0.208. The fourth-order valence-electron chi connectivity index (χ4n) is 2.63. The minimum absolute atomic E-state index is 0.122. The summed E-state index contributed by atoms with van der Waals surface area (Å²) >= 11 is 5.92. The summed E-state index contributed by atoms with van der Waals surface area (Å²) in [4.78, 5) is 16.2. The van der Waals surface area contributed by atoms with E-state index in [0.717, 1.165) is 18.8 Å². The van der Waals surface area contributed by atoms with Crippen molar-refractivity contribution in [3.8, 4) is 5.75 Å². The smallest absolute Gasteiger partial charge is 0.321 e. The maximum Gasteiger partial charge on any atom is 0.321 e. The van der Waals surface area contributed by atoms with Crippen LogP contribution in [0.3, 0.4) is 0 Å². The van der Waals surface area contributed by atoms with Gasteiger partial charge in [0.05, 0.1) is 0 Å². The monoisotopic (exact) mass is 331 g/mol. The highest BCUT2D eigenvalue weighted by Gasteiger charge is 2.21. The molecule has 0 aliphatic carbocycles. The third kappa shape index (κ3) is 3.87. The van der Waals surface area contributed by atoms with Crippen molar-refractivity contribution in [2.45, 2.75) is 0 Å². The van der Waals surface area contributed by atoms with E-state index in [-0.39, 0.29) is 11.8 Å². The Balaban J connectivity index is 1.57. The summed E-state index contributed by atoms with van der Waals surface area (Å²) in [5, 5.41) is 13.0. The number of hydrogen-bond donors (Lipinski definition) is 2. The molecule has 2 aromatic carbocycles. The molecule has 3 rings (SSSR count). The largest absolute Gasteiger partial charge is 0.508 e. The Labute approximate surface area is 140 Å². The van der Waals surface area contributed by atoms with Gasteiger partial charge in [-0.2, -0.15) is 0 Å². The Morgan fingerprint density at radius 3 is 2.48 bits per heavy atom. The fraction of sp³-hybridized carbons (Fsp3) is 0.235. The molecule has 0 unspecified atom stereocenters. The van der Waals surface area contributed by atoms with Crippen LogP contribution in [-0.2, 0) is 0 Å². The van der Waals surface area contributed by atoms with Crippen LogP contribution in [0.1, 0.15) is 0 Å². The van der Waals surface area contributed by atoms with Gasteiger partial charge < -0.3 is 20.2 Å². The molecule has 1 aliphatic rings. The number of rotatable bonds is 2. The second-order valence-electron chi connectivity index (χ2n) is 5.43. The molecule has 6 heteroatoms. The molecular formula is C17H18ClN3O2. The highest BCUT2D eigenvalue weighted by molar-refractivity contribution is 6.30. The highest BCUT2D eigenvalue weighted by Crippen LogP contribution is 2.21. The van der Waals surface area contributed by atoms with Crippen molar-refractivity contribution in [2.75, 3.05) is 36.4 Å². The van der Waals surface area contributed by atoms with Gasteiger partial charge in [0.25, 0.3) is 0 Å². The van der Waals surface area contributed by atoms with E-state index >= 15 is 0 Å². The topological polar surface area (TPSA) is 55.8 Å². The molecule has 5 nitrogen and oxygen atoms in total. The zero-order valence-electron chi connectivity index (χ0n) is 12.6. The molecule has 0 spiro atoms. The van der Waals surface area contributed by atoms with Gasteiger partial charge in [0, 0.05) is 48.6 Å². The summed E-state index contributed by atoms with van der Waals surface area (Å²) in [6.45, 7) is 2.71. The first-order valence-corrected chi connectivity index (χ1v) is 7.85. The van der Waals surface area contributed by atoms with E-state index in [9.17, 15) is 9.90 Å². The predicted molar refractivity (Wildman–Crippen MR) is 92.4 cm³/mol. The van der Waals surface area contributed by atoms with Crippen LogP contribution in [0.4, 0.5) is 16.2 Å². The number of urea groups is 1. The van der Waals surface area contributed by atoms with Crippen LogP contribution in [0.25, 0.3) is 0 Å². The lowest BCUT2D eigenvalue weighted by atomic mass is 10.2. The number of amides is 2. The van der Waals surface area contributed by atoms with Crippen LogP contribution in [-0.4, -0.2) is 42.2 Å². The van der Waals surface area contributed by atoms with E-state index in [0.29, 0.717) is 23.8 Å². The van der Waals surface area contributed by atoms with E-state index in [1.165, 1.54) is 0 Å². The normalized spacial score (nSPS) is 14.7. The zero-order valence-corrected chi connectivity index (χ0v) is 13.3. The molecule has 1 heterocycles. The van der Waals surface area contributed by atoms with Gasteiger partial charge >= 0.3 is 6.03 Å². The molecule has 120 valence electrons. The molecule has 1 aliphatic heterocycles. The molecule has 0 radical (unpaired) electrons. The van der Waals surface area contributed by atoms with E-state index in [1.807, 2.05) is 18.2 Å². The minimum atomic E-state index is -0.122. The SMILES string of the molecule is O=C(Nc1cccc(Cl)c1)N1CCN(c2cccc(O)c2)CC1. The van der Waals surface area contributed by atoms with Crippen LogP contribution in [0.2, 0.25) is 5.02 Å². The van der Waals surface area contributed by atoms with E-state index in [1.54, 1.807) is 35.2 Å². The molecule has 1 fully saturated rings. The number of phenols is 1. The third-order valence-corrected chi connectivity index (χ3v) is 4.07. The van der Waals surface area contributed by atoms with Gasteiger partial charge in [-0.25, -0.2) is 4.79 Å². The maximum absolute atomic E-state index is 12.3. The number of halogens is 1. The lowest BCUT2D eigenvalue weighted by Crippen LogP contribution is -2.50. The van der Waals surface area contributed by atoms with Crippen LogP contribution < -0.4 is 10.2 Å². The molecule has 0 saturated carbocycles. The Bertz CT molecular complexity index is 700. The summed E-state index contributed by atoms with van der Waals surface area (Å²) in [7, 11) is 0. The van der Waals surface area contributed by atoms with Crippen molar-refractivity contribution in [3.63, 3.8) is 0 Å². The van der Waals surface area contributed by atoms with Crippen molar-refractivity contribution < 1.29 is 9.90 Å². The lowest BCUT2D eigenvalue weighted by Gasteiger charge is -2.36. The molecule has 2 amide bonds. The molecule has 23 heavy (non-hydrogen) atoms. The molecule has 2 N–H and O–H groups in total. The van der Waals surface area contributed by atoms with Gasteiger partial charge in [-0.3, -0.25) is 0 Å².